The van der Waals surface area contributed by atoms with Crippen LogP contribution in [-0.2, 0) is 10.0 Å². The van der Waals surface area contributed by atoms with E-state index in [1.54, 1.807) is 24.3 Å². The Balaban J connectivity index is 1.74. The molecule has 1 aliphatic carbocycles. The van der Waals surface area contributed by atoms with Crippen molar-refractivity contribution in [3.63, 3.8) is 0 Å². The normalized spacial score (nSPS) is 21.0. The van der Waals surface area contributed by atoms with Gasteiger partial charge in [0.1, 0.15) is 5.82 Å². The highest BCUT2D eigenvalue weighted by Crippen LogP contribution is 2.24. The molecule has 134 valence electrons. The molecular weight excluding hydrogens is 363 g/mol. The first-order valence-corrected chi connectivity index (χ1v) is 10.1. The Bertz CT molecular complexity index is 810. The van der Waals surface area contributed by atoms with E-state index in [0.29, 0.717) is 5.02 Å². The molecule has 4 nitrogen and oxygen atoms in total. The molecule has 2 N–H and O–H groups in total. The minimum Gasteiger partial charge on any atom is -0.381 e. The van der Waals surface area contributed by atoms with Crippen LogP contribution in [0.1, 0.15) is 25.7 Å². The van der Waals surface area contributed by atoms with E-state index in [2.05, 4.69) is 10.0 Å². The van der Waals surface area contributed by atoms with Crippen LogP contribution in [0, 0.1) is 5.82 Å². The number of anilines is 1. The lowest BCUT2D eigenvalue weighted by atomic mass is 9.91. The van der Waals surface area contributed by atoms with Gasteiger partial charge in [0.05, 0.1) is 4.90 Å². The summed E-state index contributed by atoms with van der Waals surface area (Å²) in [5, 5.41) is 3.82. The fourth-order valence-electron chi connectivity index (χ4n) is 3.09. The van der Waals surface area contributed by atoms with E-state index in [1.807, 2.05) is 0 Å². The van der Waals surface area contributed by atoms with Crippen molar-refractivity contribution < 1.29 is 12.8 Å². The average Bonchev–Trinajstić information content (AvgIpc) is 2.59. The molecule has 0 aromatic heterocycles. The zero-order valence-electron chi connectivity index (χ0n) is 13.6. The van der Waals surface area contributed by atoms with Crippen molar-refractivity contribution in [2.75, 3.05) is 5.32 Å². The molecule has 0 heterocycles. The van der Waals surface area contributed by atoms with E-state index in [1.165, 1.54) is 24.3 Å². The van der Waals surface area contributed by atoms with Gasteiger partial charge >= 0.3 is 0 Å². The van der Waals surface area contributed by atoms with E-state index in [-0.39, 0.29) is 22.8 Å². The molecule has 25 heavy (non-hydrogen) atoms. The van der Waals surface area contributed by atoms with Gasteiger partial charge in [-0.05, 0) is 61.4 Å². The predicted octanol–water partition coefficient (Wildman–Crippen LogP) is 4.18. The Morgan fingerprint density at radius 3 is 2.16 bits per heavy atom. The minimum absolute atomic E-state index is 0.0405. The number of nitrogens with one attached hydrogen (secondary N) is 2. The molecule has 0 aliphatic heterocycles. The van der Waals surface area contributed by atoms with Gasteiger partial charge in [0.25, 0.3) is 0 Å². The molecule has 0 saturated heterocycles. The summed E-state index contributed by atoms with van der Waals surface area (Å²) in [6, 6.07) is 11.9. The van der Waals surface area contributed by atoms with Gasteiger partial charge in [-0.1, -0.05) is 24.4 Å². The fourth-order valence-corrected chi connectivity index (χ4v) is 4.52. The van der Waals surface area contributed by atoms with Crippen LogP contribution < -0.4 is 10.0 Å². The Morgan fingerprint density at radius 2 is 1.52 bits per heavy atom. The van der Waals surface area contributed by atoms with E-state index >= 15 is 0 Å². The van der Waals surface area contributed by atoms with Gasteiger partial charge < -0.3 is 5.32 Å². The molecule has 2 atom stereocenters. The molecule has 0 spiro atoms. The third-order valence-corrected chi connectivity index (χ3v) is 6.15. The molecule has 0 amide bonds. The van der Waals surface area contributed by atoms with Crippen molar-refractivity contribution in [3.05, 3.63) is 59.4 Å². The van der Waals surface area contributed by atoms with Crippen LogP contribution in [0.5, 0.6) is 0 Å². The molecule has 1 fully saturated rings. The van der Waals surface area contributed by atoms with E-state index < -0.39 is 10.0 Å². The van der Waals surface area contributed by atoms with E-state index in [4.69, 9.17) is 11.6 Å². The highest BCUT2D eigenvalue weighted by atomic mass is 35.5. The summed E-state index contributed by atoms with van der Waals surface area (Å²) in [7, 11) is -3.62. The van der Waals surface area contributed by atoms with Crippen LogP contribution in [0.15, 0.2) is 53.4 Å². The van der Waals surface area contributed by atoms with Crippen LogP contribution in [0.3, 0.4) is 0 Å². The number of rotatable bonds is 5. The summed E-state index contributed by atoms with van der Waals surface area (Å²) in [6.45, 7) is 0. The number of hydrogen-bond donors (Lipinski definition) is 2. The van der Waals surface area contributed by atoms with Crippen molar-refractivity contribution in [2.24, 2.45) is 0 Å². The van der Waals surface area contributed by atoms with E-state index in [9.17, 15) is 12.8 Å². The van der Waals surface area contributed by atoms with Crippen LogP contribution >= 0.6 is 11.6 Å². The lowest BCUT2D eigenvalue weighted by molar-refractivity contribution is 0.378. The number of halogens is 2. The van der Waals surface area contributed by atoms with Crippen LogP contribution in [0.4, 0.5) is 10.1 Å². The van der Waals surface area contributed by atoms with Gasteiger partial charge in [0.2, 0.25) is 10.0 Å². The standard InChI is InChI=1S/C18H20ClFN2O2S/c19-13-5-11-16(12-6-13)25(23,24)22-18-4-2-1-3-17(18)21-15-9-7-14(20)8-10-15/h5-12,17-18,21-22H,1-4H2/t17-,18-/m0/s1. The van der Waals surface area contributed by atoms with Crippen molar-refractivity contribution >= 4 is 27.3 Å². The van der Waals surface area contributed by atoms with Crippen LogP contribution in [0.25, 0.3) is 0 Å². The highest BCUT2D eigenvalue weighted by Gasteiger charge is 2.29. The molecule has 0 radical (unpaired) electrons. The average molecular weight is 383 g/mol. The molecule has 7 heteroatoms. The molecule has 1 saturated carbocycles. The van der Waals surface area contributed by atoms with Crippen molar-refractivity contribution in [3.8, 4) is 0 Å². The lowest BCUT2D eigenvalue weighted by Crippen LogP contribution is -2.48. The lowest BCUT2D eigenvalue weighted by Gasteiger charge is -2.33. The van der Waals surface area contributed by atoms with Gasteiger partial charge in [0, 0.05) is 22.8 Å². The second-order valence-electron chi connectivity index (χ2n) is 6.22. The molecule has 2 aromatic rings. The number of sulfonamides is 1. The fraction of sp³-hybridized carbons (Fsp3) is 0.333. The van der Waals surface area contributed by atoms with Gasteiger partial charge in [-0.15, -0.1) is 0 Å². The van der Waals surface area contributed by atoms with Gasteiger partial charge in [-0.25, -0.2) is 17.5 Å². The second kappa shape index (κ2) is 7.72. The molecule has 3 rings (SSSR count). The third-order valence-electron chi connectivity index (χ3n) is 4.39. The molecule has 2 aromatic carbocycles. The predicted molar refractivity (Wildman–Crippen MR) is 97.8 cm³/mol. The smallest absolute Gasteiger partial charge is 0.240 e. The first-order valence-electron chi connectivity index (χ1n) is 8.24. The monoisotopic (exact) mass is 382 g/mol. The summed E-state index contributed by atoms with van der Waals surface area (Å²) in [6.07, 6.45) is 3.60. The van der Waals surface area contributed by atoms with Crippen LogP contribution in [-0.4, -0.2) is 20.5 Å². The summed E-state index contributed by atoms with van der Waals surface area (Å²) in [4.78, 5) is 0.197. The summed E-state index contributed by atoms with van der Waals surface area (Å²) in [5.41, 5.74) is 0.781. The Hall–Kier alpha value is -1.63. The van der Waals surface area contributed by atoms with Crippen molar-refractivity contribution in [2.45, 2.75) is 42.7 Å². The van der Waals surface area contributed by atoms with Crippen LogP contribution in [0.2, 0.25) is 5.02 Å². The first kappa shape index (κ1) is 18.2. The Morgan fingerprint density at radius 1 is 0.920 bits per heavy atom. The highest BCUT2D eigenvalue weighted by molar-refractivity contribution is 7.89. The summed E-state index contributed by atoms with van der Waals surface area (Å²) >= 11 is 5.83. The quantitative estimate of drug-likeness (QED) is 0.815. The molecule has 0 unspecified atom stereocenters. The molecule has 0 bridgehead atoms. The summed E-state index contributed by atoms with van der Waals surface area (Å²) in [5.74, 6) is -0.297. The SMILES string of the molecule is O=S(=O)(N[C@H]1CCCC[C@@H]1Nc1ccc(F)cc1)c1ccc(Cl)cc1. The topological polar surface area (TPSA) is 58.2 Å². The van der Waals surface area contributed by atoms with Gasteiger partial charge in [-0.3, -0.25) is 0 Å². The first-order chi connectivity index (χ1) is 11.9. The molecular formula is C18H20ClFN2O2S. The van der Waals surface area contributed by atoms with Gasteiger partial charge in [-0.2, -0.15) is 0 Å². The molecule has 1 aliphatic rings. The second-order valence-corrected chi connectivity index (χ2v) is 8.37. The zero-order valence-corrected chi connectivity index (χ0v) is 15.2. The minimum atomic E-state index is -3.62. The largest absolute Gasteiger partial charge is 0.381 e. The van der Waals surface area contributed by atoms with E-state index in [0.717, 1.165) is 31.4 Å². The van der Waals surface area contributed by atoms with Gasteiger partial charge in [0.15, 0.2) is 0 Å². The summed E-state index contributed by atoms with van der Waals surface area (Å²) < 4.78 is 41.1. The maximum atomic E-state index is 13.1. The zero-order chi connectivity index (χ0) is 17.9. The third kappa shape index (κ3) is 4.71. The van der Waals surface area contributed by atoms with Crippen molar-refractivity contribution in [1.29, 1.82) is 0 Å². The maximum absolute atomic E-state index is 13.1. The number of benzene rings is 2. The maximum Gasteiger partial charge on any atom is 0.240 e. The Labute approximate surface area is 152 Å². The Kier molecular flexibility index (Phi) is 5.61. The number of hydrogen-bond acceptors (Lipinski definition) is 3. The van der Waals surface area contributed by atoms with Crippen molar-refractivity contribution in [1.82, 2.24) is 4.72 Å².